The molecule has 0 aliphatic carbocycles. The number of carbonyl (C=O) groups is 4. The maximum Gasteiger partial charge on any atom is 0.411 e. The van der Waals surface area contributed by atoms with E-state index in [1.807, 2.05) is 30.3 Å². The maximum atomic E-state index is 12.9. The lowest BCUT2D eigenvalue weighted by atomic mass is 10.0. The van der Waals surface area contributed by atoms with Gasteiger partial charge >= 0.3 is 6.09 Å². The predicted molar refractivity (Wildman–Crippen MR) is 109 cm³/mol. The van der Waals surface area contributed by atoms with Crippen LogP contribution in [-0.2, 0) is 32.3 Å². The Kier molecular flexibility index (Phi) is 6.79. The number of ether oxygens (including phenoxy) is 1. The molecule has 0 aromatic heterocycles. The molecule has 1 heterocycles. The fourth-order valence-corrected chi connectivity index (χ4v) is 3.24. The summed E-state index contributed by atoms with van der Waals surface area (Å²) in [6, 6.07) is 15.4. The molecule has 0 bridgehead atoms. The highest BCUT2D eigenvalue weighted by atomic mass is 16.6. The van der Waals surface area contributed by atoms with Gasteiger partial charge in [0.2, 0.25) is 17.7 Å². The molecule has 1 fully saturated rings. The molecule has 8 heteroatoms. The van der Waals surface area contributed by atoms with E-state index in [2.05, 4.69) is 10.6 Å². The van der Waals surface area contributed by atoms with Crippen molar-refractivity contribution < 1.29 is 23.9 Å². The third kappa shape index (κ3) is 5.44. The van der Waals surface area contributed by atoms with Crippen molar-refractivity contribution in [3.8, 4) is 0 Å². The smallest absolute Gasteiger partial charge is 0.411 e. The number of nitrogens with zero attached hydrogens (tertiary/aromatic N) is 1. The molecule has 2 N–H and O–H groups in total. The third-order valence-electron chi connectivity index (χ3n) is 4.69. The molecule has 3 rings (SSSR count). The number of hydrogen-bond donors (Lipinski definition) is 2. The van der Waals surface area contributed by atoms with Crippen LogP contribution in [0.15, 0.2) is 54.6 Å². The van der Waals surface area contributed by atoms with Gasteiger partial charge in [0.15, 0.2) is 0 Å². The van der Waals surface area contributed by atoms with Crippen molar-refractivity contribution >= 4 is 29.5 Å². The zero-order valence-corrected chi connectivity index (χ0v) is 16.6. The van der Waals surface area contributed by atoms with Crippen LogP contribution in [0.25, 0.3) is 0 Å². The SMILES string of the molecule is CC(=O)Nc1ccccc1CN(C(=O)OCc1ccccc1)C1CCC(=O)NC1=O. The second-order valence-corrected chi connectivity index (χ2v) is 6.97. The maximum absolute atomic E-state index is 12.9. The summed E-state index contributed by atoms with van der Waals surface area (Å²) in [7, 11) is 0. The van der Waals surface area contributed by atoms with Crippen molar-refractivity contribution in [1.29, 1.82) is 0 Å². The van der Waals surface area contributed by atoms with Crippen LogP contribution in [0.1, 0.15) is 30.9 Å². The molecule has 0 saturated carbocycles. The van der Waals surface area contributed by atoms with Gasteiger partial charge in [0.25, 0.3) is 0 Å². The number of nitrogens with one attached hydrogen (secondary N) is 2. The number of para-hydroxylation sites is 1. The summed E-state index contributed by atoms with van der Waals surface area (Å²) in [4.78, 5) is 49.7. The number of anilines is 1. The van der Waals surface area contributed by atoms with Gasteiger partial charge in [-0.25, -0.2) is 4.79 Å². The van der Waals surface area contributed by atoms with Crippen molar-refractivity contribution in [2.45, 2.75) is 39.0 Å². The number of rotatable bonds is 6. The van der Waals surface area contributed by atoms with Gasteiger partial charge in [-0.05, 0) is 23.6 Å². The average Bonchev–Trinajstić information content (AvgIpc) is 2.72. The van der Waals surface area contributed by atoms with Gasteiger partial charge in [-0.15, -0.1) is 0 Å². The lowest BCUT2D eigenvalue weighted by Crippen LogP contribution is -2.54. The van der Waals surface area contributed by atoms with Crippen LogP contribution in [0.3, 0.4) is 0 Å². The first-order valence-electron chi connectivity index (χ1n) is 9.60. The van der Waals surface area contributed by atoms with Crippen LogP contribution in [0.4, 0.5) is 10.5 Å². The fraction of sp³-hybridized carbons (Fsp3) is 0.273. The number of amides is 4. The topological polar surface area (TPSA) is 105 Å². The molecule has 1 unspecified atom stereocenters. The molecular formula is C22H23N3O5. The van der Waals surface area contributed by atoms with E-state index in [9.17, 15) is 19.2 Å². The molecular weight excluding hydrogens is 386 g/mol. The zero-order chi connectivity index (χ0) is 21.5. The van der Waals surface area contributed by atoms with Gasteiger partial charge in [0.1, 0.15) is 12.6 Å². The van der Waals surface area contributed by atoms with Crippen molar-refractivity contribution in [1.82, 2.24) is 10.2 Å². The standard InChI is InChI=1S/C22H23N3O5/c1-15(26)23-18-10-6-5-9-17(18)13-25(19-11-12-20(27)24-21(19)28)22(29)30-14-16-7-3-2-4-8-16/h2-10,19H,11-14H2,1H3,(H,23,26)(H,24,27,28). The van der Waals surface area contributed by atoms with E-state index in [4.69, 9.17) is 4.74 Å². The van der Waals surface area contributed by atoms with Crippen molar-refractivity contribution in [2.75, 3.05) is 5.32 Å². The lowest BCUT2D eigenvalue weighted by molar-refractivity contribution is -0.137. The average molecular weight is 409 g/mol. The van der Waals surface area contributed by atoms with Crippen molar-refractivity contribution in [3.05, 3.63) is 65.7 Å². The summed E-state index contributed by atoms with van der Waals surface area (Å²) >= 11 is 0. The highest BCUT2D eigenvalue weighted by Gasteiger charge is 2.35. The Hall–Kier alpha value is -3.68. The van der Waals surface area contributed by atoms with Gasteiger partial charge in [0, 0.05) is 19.0 Å². The molecule has 4 amide bonds. The number of benzene rings is 2. The summed E-state index contributed by atoms with van der Waals surface area (Å²) in [5.74, 6) is -1.16. The normalized spacial score (nSPS) is 15.8. The minimum absolute atomic E-state index is 0.0380. The van der Waals surface area contributed by atoms with E-state index < -0.39 is 18.0 Å². The predicted octanol–water partition coefficient (Wildman–Crippen LogP) is 2.59. The summed E-state index contributed by atoms with van der Waals surface area (Å²) < 4.78 is 5.45. The summed E-state index contributed by atoms with van der Waals surface area (Å²) in [6.07, 6.45) is -0.342. The Morgan fingerprint density at radius 1 is 1.10 bits per heavy atom. The molecule has 1 saturated heterocycles. The number of imide groups is 1. The first-order chi connectivity index (χ1) is 14.4. The van der Waals surface area contributed by atoms with Crippen LogP contribution < -0.4 is 10.6 Å². The van der Waals surface area contributed by atoms with Gasteiger partial charge < -0.3 is 10.1 Å². The minimum Gasteiger partial charge on any atom is -0.445 e. The summed E-state index contributed by atoms with van der Waals surface area (Å²) in [5.41, 5.74) is 2.00. The molecule has 156 valence electrons. The Balaban J connectivity index is 1.82. The van der Waals surface area contributed by atoms with E-state index in [0.717, 1.165) is 5.56 Å². The fourth-order valence-electron chi connectivity index (χ4n) is 3.24. The van der Waals surface area contributed by atoms with Crippen molar-refractivity contribution in [2.24, 2.45) is 0 Å². The Morgan fingerprint density at radius 3 is 2.50 bits per heavy atom. The van der Waals surface area contributed by atoms with Gasteiger partial charge in [0.05, 0.1) is 6.54 Å². The molecule has 1 atom stereocenters. The van der Waals surface area contributed by atoms with E-state index in [-0.39, 0.29) is 37.8 Å². The minimum atomic E-state index is -0.851. The number of hydrogen-bond acceptors (Lipinski definition) is 5. The second-order valence-electron chi connectivity index (χ2n) is 6.97. The van der Waals surface area contributed by atoms with Gasteiger partial charge in [-0.1, -0.05) is 48.5 Å². The number of carbonyl (C=O) groups excluding carboxylic acids is 4. The quantitative estimate of drug-likeness (QED) is 0.714. The monoisotopic (exact) mass is 409 g/mol. The van der Waals surface area contributed by atoms with Crippen molar-refractivity contribution in [3.63, 3.8) is 0 Å². The first-order valence-corrected chi connectivity index (χ1v) is 9.60. The molecule has 2 aromatic carbocycles. The zero-order valence-electron chi connectivity index (χ0n) is 16.6. The second kappa shape index (κ2) is 9.69. The van der Waals surface area contributed by atoms with E-state index in [1.165, 1.54) is 11.8 Å². The molecule has 8 nitrogen and oxygen atoms in total. The van der Waals surface area contributed by atoms with Crippen LogP contribution >= 0.6 is 0 Å². The Morgan fingerprint density at radius 2 is 1.80 bits per heavy atom. The molecule has 2 aromatic rings. The summed E-state index contributed by atoms with van der Waals surface area (Å²) in [5, 5.41) is 5.00. The van der Waals surface area contributed by atoms with E-state index >= 15 is 0 Å². The number of piperidine rings is 1. The molecule has 1 aliphatic heterocycles. The van der Waals surface area contributed by atoms with E-state index in [1.54, 1.807) is 24.3 Å². The summed E-state index contributed by atoms with van der Waals surface area (Å²) in [6.45, 7) is 1.48. The molecule has 0 radical (unpaired) electrons. The van der Waals surface area contributed by atoms with Crippen LogP contribution in [-0.4, -0.2) is 34.8 Å². The Labute approximate surface area is 174 Å². The van der Waals surface area contributed by atoms with Gasteiger partial charge in [-0.3, -0.25) is 24.6 Å². The van der Waals surface area contributed by atoms with E-state index in [0.29, 0.717) is 11.3 Å². The largest absolute Gasteiger partial charge is 0.445 e. The van der Waals surface area contributed by atoms with Crippen LogP contribution in [0.5, 0.6) is 0 Å². The molecule has 30 heavy (non-hydrogen) atoms. The first kappa shape index (κ1) is 21.0. The lowest BCUT2D eigenvalue weighted by Gasteiger charge is -2.32. The third-order valence-corrected chi connectivity index (χ3v) is 4.69. The van der Waals surface area contributed by atoms with Gasteiger partial charge in [-0.2, -0.15) is 0 Å². The highest BCUT2D eigenvalue weighted by molar-refractivity contribution is 6.01. The highest BCUT2D eigenvalue weighted by Crippen LogP contribution is 2.22. The van der Waals surface area contributed by atoms with Crippen LogP contribution in [0, 0.1) is 0 Å². The van der Waals surface area contributed by atoms with Crippen LogP contribution in [0.2, 0.25) is 0 Å². The molecule has 0 spiro atoms. The molecule has 1 aliphatic rings. The Bertz CT molecular complexity index is 945.